The van der Waals surface area contributed by atoms with Crippen LogP contribution < -0.4 is 0 Å². The number of fused-ring (bicyclic) bond motifs is 1. The van der Waals surface area contributed by atoms with Crippen LogP contribution in [-0.4, -0.2) is 15.7 Å². The third-order valence-corrected chi connectivity index (χ3v) is 2.93. The minimum Gasteiger partial charge on any atom is -0.306 e. The Bertz CT molecular complexity index is 749. The van der Waals surface area contributed by atoms with Crippen LogP contribution in [0.1, 0.15) is 21.6 Å². The summed E-state index contributed by atoms with van der Waals surface area (Å²) >= 11 is 0. The minimum atomic E-state index is -0.246. The summed E-state index contributed by atoms with van der Waals surface area (Å²) in [6.45, 7) is 0. The van der Waals surface area contributed by atoms with Crippen molar-refractivity contribution in [1.82, 2.24) is 9.38 Å². The first-order valence-electron chi connectivity index (χ1n) is 5.92. The van der Waals surface area contributed by atoms with Gasteiger partial charge in [0.25, 0.3) is 0 Å². The van der Waals surface area contributed by atoms with Gasteiger partial charge in [-0.1, -0.05) is 12.1 Å². The van der Waals surface area contributed by atoms with Gasteiger partial charge in [0, 0.05) is 24.4 Å². The molecule has 0 aliphatic carbocycles. The van der Waals surface area contributed by atoms with E-state index in [0.29, 0.717) is 12.0 Å². The highest BCUT2D eigenvalue weighted by Gasteiger charge is 2.04. The molecule has 0 saturated carbocycles. The minimum absolute atomic E-state index is 0.246. The highest BCUT2D eigenvalue weighted by Crippen LogP contribution is 2.12. The van der Waals surface area contributed by atoms with E-state index in [1.807, 2.05) is 12.3 Å². The smallest absolute Gasteiger partial charge is 0.151 e. The first-order chi connectivity index (χ1) is 9.24. The van der Waals surface area contributed by atoms with E-state index in [0.717, 1.165) is 23.2 Å². The molecule has 94 valence electrons. The summed E-state index contributed by atoms with van der Waals surface area (Å²) in [6, 6.07) is 9.99. The van der Waals surface area contributed by atoms with Crippen molar-refractivity contribution in [1.29, 1.82) is 0 Å². The molecule has 0 aliphatic heterocycles. The number of rotatable bonds is 3. The van der Waals surface area contributed by atoms with Crippen molar-refractivity contribution in [3.8, 4) is 0 Å². The molecule has 3 nitrogen and oxygen atoms in total. The average Bonchev–Trinajstić information content (AvgIpc) is 2.79. The Hall–Kier alpha value is -2.49. The summed E-state index contributed by atoms with van der Waals surface area (Å²) in [5, 5.41) is 0. The molecule has 0 fully saturated rings. The van der Waals surface area contributed by atoms with Gasteiger partial charge in [-0.05, 0) is 29.8 Å². The maximum absolute atomic E-state index is 13.1. The van der Waals surface area contributed by atoms with Crippen molar-refractivity contribution in [2.45, 2.75) is 6.42 Å². The molecule has 0 aliphatic rings. The van der Waals surface area contributed by atoms with Gasteiger partial charge in [-0.15, -0.1) is 0 Å². The lowest BCUT2D eigenvalue weighted by Crippen LogP contribution is -1.88. The highest BCUT2D eigenvalue weighted by molar-refractivity contribution is 5.74. The molecular formula is C15H11FN2O. The summed E-state index contributed by atoms with van der Waals surface area (Å²) in [7, 11) is 0. The Kier molecular flexibility index (Phi) is 2.83. The molecule has 1 aromatic carbocycles. The number of imidazole rings is 1. The number of nitrogens with zero attached hydrogens (tertiary/aromatic N) is 2. The van der Waals surface area contributed by atoms with Gasteiger partial charge in [-0.25, -0.2) is 9.37 Å². The van der Waals surface area contributed by atoms with E-state index in [4.69, 9.17) is 0 Å². The Morgan fingerprint density at radius 1 is 1.21 bits per heavy atom. The van der Waals surface area contributed by atoms with Gasteiger partial charge < -0.3 is 4.40 Å². The van der Waals surface area contributed by atoms with Gasteiger partial charge >= 0.3 is 0 Å². The second-order valence-electron chi connectivity index (χ2n) is 4.38. The van der Waals surface area contributed by atoms with Crippen molar-refractivity contribution in [2.75, 3.05) is 0 Å². The standard InChI is InChI=1S/C15H11FN2O/c16-13-3-1-2-11(6-13)7-14-9-18-8-12(10-19)4-5-15(18)17-14/h1-6,8-10H,7H2. The van der Waals surface area contributed by atoms with Crippen LogP contribution in [0, 0.1) is 5.82 Å². The van der Waals surface area contributed by atoms with Crippen LogP contribution in [0.5, 0.6) is 0 Å². The molecule has 0 radical (unpaired) electrons. The Balaban J connectivity index is 1.95. The molecule has 0 N–H and O–H groups in total. The molecule has 0 amide bonds. The highest BCUT2D eigenvalue weighted by atomic mass is 19.1. The second kappa shape index (κ2) is 4.65. The summed E-state index contributed by atoms with van der Waals surface area (Å²) in [5.74, 6) is -0.246. The maximum Gasteiger partial charge on any atom is 0.151 e. The molecule has 19 heavy (non-hydrogen) atoms. The van der Waals surface area contributed by atoms with Crippen molar-refractivity contribution >= 4 is 11.9 Å². The normalized spacial score (nSPS) is 10.8. The van der Waals surface area contributed by atoms with Gasteiger partial charge in [0.1, 0.15) is 11.5 Å². The second-order valence-corrected chi connectivity index (χ2v) is 4.38. The third kappa shape index (κ3) is 2.38. The number of hydrogen-bond acceptors (Lipinski definition) is 2. The van der Waals surface area contributed by atoms with E-state index in [1.54, 1.807) is 28.8 Å². The third-order valence-electron chi connectivity index (χ3n) is 2.93. The van der Waals surface area contributed by atoms with Crippen LogP contribution in [0.4, 0.5) is 4.39 Å². The van der Waals surface area contributed by atoms with Crippen LogP contribution in [0.15, 0.2) is 48.8 Å². The number of pyridine rings is 1. The molecule has 2 heterocycles. The first kappa shape index (κ1) is 11.6. The van der Waals surface area contributed by atoms with E-state index in [9.17, 15) is 9.18 Å². The molecule has 0 saturated heterocycles. The molecule has 3 aromatic rings. The number of hydrogen-bond donors (Lipinski definition) is 0. The van der Waals surface area contributed by atoms with Crippen molar-refractivity contribution in [3.05, 3.63) is 71.4 Å². The largest absolute Gasteiger partial charge is 0.306 e. The lowest BCUT2D eigenvalue weighted by molar-refractivity contribution is 0.112. The van der Waals surface area contributed by atoms with Crippen molar-refractivity contribution in [2.24, 2.45) is 0 Å². The van der Waals surface area contributed by atoms with E-state index >= 15 is 0 Å². The van der Waals surface area contributed by atoms with Gasteiger partial charge in [0.2, 0.25) is 0 Å². The van der Waals surface area contributed by atoms with Crippen LogP contribution in [-0.2, 0) is 6.42 Å². The monoisotopic (exact) mass is 254 g/mol. The van der Waals surface area contributed by atoms with Gasteiger partial charge in [-0.2, -0.15) is 0 Å². The van der Waals surface area contributed by atoms with E-state index in [2.05, 4.69) is 4.98 Å². The Morgan fingerprint density at radius 3 is 2.89 bits per heavy atom. The first-order valence-corrected chi connectivity index (χ1v) is 5.92. The summed E-state index contributed by atoms with van der Waals surface area (Å²) in [6.07, 6.45) is 4.94. The number of halogens is 1. The molecular weight excluding hydrogens is 243 g/mol. The number of carbonyl (C=O) groups is 1. The van der Waals surface area contributed by atoms with Crippen molar-refractivity contribution in [3.63, 3.8) is 0 Å². The van der Waals surface area contributed by atoms with E-state index < -0.39 is 0 Å². The Labute approximate surface area is 109 Å². The average molecular weight is 254 g/mol. The van der Waals surface area contributed by atoms with Crippen LogP contribution in [0.2, 0.25) is 0 Å². The number of carbonyl (C=O) groups excluding carboxylic acids is 1. The molecule has 0 unspecified atom stereocenters. The van der Waals surface area contributed by atoms with Crippen LogP contribution in [0.25, 0.3) is 5.65 Å². The van der Waals surface area contributed by atoms with Crippen LogP contribution in [0.3, 0.4) is 0 Å². The summed E-state index contributed by atoms with van der Waals surface area (Å²) in [5.41, 5.74) is 3.09. The zero-order valence-corrected chi connectivity index (χ0v) is 10.1. The fraction of sp³-hybridized carbons (Fsp3) is 0.0667. The molecule has 0 atom stereocenters. The topological polar surface area (TPSA) is 34.4 Å². The zero-order valence-electron chi connectivity index (χ0n) is 10.1. The zero-order chi connectivity index (χ0) is 13.2. The van der Waals surface area contributed by atoms with Gasteiger partial charge in [0.05, 0.1) is 5.69 Å². The molecule has 4 heteroatoms. The van der Waals surface area contributed by atoms with Crippen LogP contribution >= 0.6 is 0 Å². The van der Waals surface area contributed by atoms with E-state index in [1.165, 1.54) is 12.1 Å². The lowest BCUT2D eigenvalue weighted by atomic mass is 10.1. The fourth-order valence-electron chi connectivity index (χ4n) is 2.07. The summed E-state index contributed by atoms with van der Waals surface area (Å²) < 4.78 is 14.9. The predicted octanol–water partition coefficient (Wildman–Crippen LogP) is 2.88. The Morgan fingerprint density at radius 2 is 2.11 bits per heavy atom. The molecule has 0 bridgehead atoms. The van der Waals surface area contributed by atoms with E-state index in [-0.39, 0.29) is 5.82 Å². The SMILES string of the molecule is O=Cc1ccc2nc(Cc3cccc(F)c3)cn2c1. The van der Waals surface area contributed by atoms with Gasteiger partial charge in [-0.3, -0.25) is 4.79 Å². The summed E-state index contributed by atoms with van der Waals surface area (Å²) in [4.78, 5) is 15.1. The number of aldehydes is 1. The van der Waals surface area contributed by atoms with Crippen molar-refractivity contribution < 1.29 is 9.18 Å². The predicted molar refractivity (Wildman–Crippen MR) is 69.8 cm³/mol. The maximum atomic E-state index is 13.1. The van der Waals surface area contributed by atoms with Gasteiger partial charge in [0.15, 0.2) is 6.29 Å². The molecule has 3 rings (SSSR count). The molecule has 2 aromatic heterocycles. The number of aromatic nitrogens is 2. The molecule has 0 spiro atoms. The fourth-order valence-corrected chi connectivity index (χ4v) is 2.07. The lowest BCUT2D eigenvalue weighted by Gasteiger charge is -1.97. The quantitative estimate of drug-likeness (QED) is 0.673. The number of benzene rings is 1.